The third-order valence-corrected chi connectivity index (χ3v) is 4.70. The molecular formula is C18H21ClF3N3O3. The van der Waals surface area contributed by atoms with E-state index in [4.69, 9.17) is 11.6 Å². The number of benzene rings is 1. The zero-order valence-electron chi connectivity index (χ0n) is 15.5. The third kappa shape index (κ3) is 4.57. The largest absolute Gasteiger partial charge is 0.418 e. The Kier molecular flexibility index (Phi) is 6.59. The predicted octanol–water partition coefficient (Wildman–Crippen LogP) is 4.19. The first kappa shape index (κ1) is 22.0. The number of anilines is 1. The van der Waals surface area contributed by atoms with Crippen LogP contribution in [0.3, 0.4) is 0 Å². The SMILES string of the molecule is CCCC1(CCC)NC(=O)N(CC(=O)Nc2ccc(Cl)cc2C(F)(F)F)C1=O. The van der Waals surface area contributed by atoms with E-state index in [1.807, 2.05) is 13.8 Å². The fraction of sp³-hybridized carbons (Fsp3) is 0.500. The Bertz CT molecular complexity index is 777. The Morgan fingerprint density at radius 2 is 1.82 bits per heavy atom. The maximum absolute atomic E-state index is 13.1. The van der Waals surface area contributed by atoms with Crippen LogP contribution in [0.4, 0.5) is 23.7 Å². The topological polar surface area (TPSA) is 78.5 Å². The van der Waals surface area contributed by atoms with Gasteiger partial charge < -0.3 is 10.6 Å². The summed E-state index contributed by atoms with van der Waals surface area (Å²) in [7, 11) is 0. The maximum atomic E-state index is 13.1. The van der Waals surface area contributed by atoms with E-state index in [2.05, 4.69) is 10.6 Å². The minimum absolute atomic E-state index is 0.136. The van der Waals surface area contributed by atoms with Gasteiger partial charge in [-0.05, 0) is 31.0 Å². The molecule has 1 aromatic rings. The summed E-state index contributed by atoms with van der Waals surface area (Å²) in [5.74, 6) is -1.45. The highest BCUT2D eigenvalue weighted by molar-refractivity contribution is 6.30. The molecule has 0 atom stereocenters. The van der Waals surface area contributed by atoms with Crippen LogP contribution >= 0.6 is 11.6 Å². The molecule has 4 amide bonds. The predicted molar refractivity (Wildman–Crippen MR) is 97.9 cm³/mol. The molecule has 1 saturated heterocycles. The van der Waals surface area contributed by atoms with Crippen molar-refractivity contribution in [2.45, 2.75) is 51.2 Å². The van der Waals surface area contributed by atoms with Gasteiger partial charge >= 0.3 is 12.2 Å². The van der Waals surface area contributed by atoms with Gasteiger partial charge in [-0.3, -0.25) is 14.5 Å². The average Bonchev–Trinajstić information content (AvgIpc) is 2.80. The molecule has 28 heavy (non-hydrogen) atoms. The Hall–Kier alpha value is -2.29. The van der Waals surface area contributed by atoms with Crippen LogP contribution in [0.1, 0.15) is 45.1 Å². The van der Waals surface area contributed by atoms with Crippen LogP contribution in [0.5, 0.6) is 0 Å². The van der Waals surface area contributed by atoms with E-state index in [-0.39, 0.29) is 5.02 Å². The van der Waals surface area contributed by atoms with Crippen LogP contribution in [0.2, 0.25) is 5.02 Å². The molecule has 10 heteroatoms. The van der Waals surface area contributed by atoms with Gasteiger partial charge in [-0.25, -0.2) is 4.79 Å². The molecule has 0 aliphatic carbocycles. The molecule has 0 aromatic heterocycles. The van der Waals surface area contributed by atoms with Crippen molar-refractivity contribution in [2.75, 3.05) is 11.9 Å². The minimum Gasteiger partial charge on any atom is -0.324 e. The van der Waals surface area contributed by atoms with E-state index in [1.54, 1.807) is 0 Å². The zero-order valence-corrected chi connectivity index (χ0v) is 16.2. The maximum Gasteiger partial charge on any atom is 0.418 e. The van der Waals surface area contributed by atoms with E-state index in [1.165, 1.54) is 6.07 Å². The van der Waals surface area contributed by atoms with Crippen molar-refractivity contribution in [3.05, 3.63) is 28.8 Å². The van der Waals surface area contributed by atoms with E-state index < -0.39 is 47.4 Å². The van der Waals surface area contributed by atoms with Crippen LogP contribution in [-0.4, -0.2) is 34.8 Å². The Labute approximate surface area is 165 Å². The third-order valence-electron chi connectivity index (χ3n) is 4.46. The summed E-state index contributed by atoms with van der Waals surface area (Å²) in [5.41, 5.74) is -2.68. The zero-order chi connectivity index (χ0) is 21.1. The molecule has 1 aliphatic heterocycles. The second-order valence-corrected chi connectivity index (χ2v) is 7.08. The lowest BCUT2D eigenvalue weighted by atomic mass is 9.88. The number of carbonyl (C=O) groups is 3. The van der Waals surface area contributed by atoms with Crippen LogP contribution in [0, 0.1) is 0 Å². The lowest BCUT2D eigenvalue weighted by Gasteiger charge is -2.25. The first-order chi connectivity index (χ1) is 13.0. The summed E-state index contributed by atoms with van der Waals surface area (Å²) in [6, 6.07) is 2.19. The van der Waals surface area contributed by atoms with Crippen molar-refractivity contribution in [1.82, 2.24) is 10.2 Å². The smallest absolute Gasteiger partial charge is 0.324 e. The lowest BCUT2D eigenvalue weighted by Crippen LogP contribution is -2.47. The number of nitrogens with zero attached hydrogens (tertiary/aromatic N) is 1. The van der Waals surface area contributed by atoms with Gasteiger partial charge in [0.2, 0.25) is 5.91 Å². The monoisotopic (exact) mass is 419 g/mol. The molecule has 0 bridgehead atoms. The van der Waals surface area contributed by atoms with Gasteiger partial charge in [-0.2, -0.15) is 13.2 Å². The molecule has 6 nitrogen and oxygen atoms in total. The van der Waals surface area contributed by atoms with Gasteiger partial charge in [0.1, 0.15) is 12.1 Å². The molecule has 0 radical (unpaired) electrons. The number of nitrogens with one attached hydrogen (secondary N) is 2. The molecule has 0 unspecified atom stereocenters. The highest BCUT2D eigenvalue weighted by Crippen LogP contribution is 2.36. The molecule has 0 saturated carbocycles. The average molecular weight is 420 g/mol. The second-order valence-electron chi connectivity index (χ2n) is 6.64. The fourth-order valence-electron chi connectivity index (χ4n) is 3.33. The summed E-state index contributed by atoms with van der Waals surface area (Å²) in [6.45, 7) is 3.05. The van der Waals surface area contributed by atoms with E-state index >= 15 is 0 Å². The summed E-state index contributed by atoms with van der Waals surface area (Å²) in [6.07, 6.45) is -2.61. The molecule has 0 spiro atoms. The van der Waals surface area contributed by atoms with E-state index in [0.29, 0.717) is 31.7 Å². The van der Waals surface area contributed by atoms with Crippen molar-refractivity contribution < 1.29 is 27.6 Å². The molecular weight excluding hydrogens is 399 g/mol. The summed E-state index contributed by atoms with van der Waals surface area (Å²) >= 11 is 5.61. The van der Waals surface area contributed by atoms with Crippen LogP contribution < -0.4 is 10.6 Å². The van der Waals surface area contributed by atoms with Crippen molar-refractivity contribution in [2.24, 2.45) is 0 Å². The first-order valence-electron chi connectivity index (χ1n) is 8.84. The molecule has 1 heterocycles. The minimum atomic E-state index is -4.73. The van der Waals surface area contributed by atoms with Gasteiger partial charge in [0.05, 0.1) is 11.3 Å². The first-order valence-corrected chi connectivity index (χ1v) is 9.22. The number of rotatable bonds is 7. The van der Waals surface area contributed by atoms with Gasteiger partial charge in [0.15, 0.2) is 0 Å². The van der Waals surface area contributed by atoms with Crippen molar-refractivity contribution in [3.8, 4) is 0 Å². The summed E-state index contributed by atoms with van der Waals surface area (Å²) < 4.78 is 39.4. The number of carbonyl (C=O) groups excluding carboxylic acids is 3. The number of amides is 4. The Morgan fingerprint density at radius 1 is 1.21 bits per heavy atom. The van der Waals surface area contributed by atoms with E-state index in [9.17, 15) is 27.6 Å². The highest BCUT2D eigenvalue weighted by Gasteiger charge is 2.50. The van der Waals surface area contributed by atoms with Crippen LogP contribution in [0.15, 0.2) is 18.2 Å². The quantitative estimate of drug-likeness (QED) is 0.650. The number of alkyl halides is 3. The number of urea groups is 1. The normalized spacial score (nSPS) is 16.3. The molecule has 1 aliphatic rings. The summed E-state index contributed by atoms with van der Waals surface area (Å²) in [4.78, 5) is 38.0. The standard InChI is InChI=1S/C18H21ClF3N3O3/c1-3-7-17(8-4-2)15(27)25(16(28)24-17)10-14(26)23-13-6-5-11(19)9-12(13)18(20,21)22/h5-6,9H,3-4,7-8,10H2,1-2H3,(H,23,26)(H,24,28). The number of hydrogen-bond acceptors (Lipinski definition) is 3. The van der Waals surface area contributed by atoms with Crippen molar-refractivity contribution in [3.63, 3.8) is 0 Å². The molecule has 2 rings (SSSR count). The van der Waals surface area contributed by atoms with Crippen molar-refractivity contribution in [1.29, 1.82) is 0 Å². The number of hydrogen-bond donors (Lipinski definition) is 2. The van der Waals surface area contributed by atoms with Gasteiger partial charge in [-0.1, -0.05) is 38.3 Å². The number of halogens is 4. The molecule has 1 aromatic carbocycles. The van der Waals surface area contributed by atoms with E-state index in [0.717, 1.165) is 11.0 Å². The van der Waals surface area contributed by atoms with Crippen LogP contribution in [0.25, 0.3) is 0 Å². The van der Waals surface area contributed by atoms with Gasteiger partial charge in [0.25, 0.3) is 5.91 Å². The van der Waals surface area contributed by atoms with Gasteiger partial charge in [-0.15, -0.1) is 0 Å². The Balaban J connectivity index is 2.18. The molecule has 1 fully saturated rings. The second kappa shape index (κ2) is 8.38. The summed E-state index contributed by atoms with van der Waals surface area (Å²) in [5, 5.41) is 4.62. The highest BCUT2D eigenvalue weighted by atomic mass is 35.5. The lowest BCUT2D eigenvalue weighted by molar-refractivity contribution is -0.137. The molecule has 154 valence electrons. The Morgan fingerprint density at radius 3 is 2.36 bits per heavy atom. The van der Waals surface area contributed by atoms with Gasteiger partial charge in [0, 0.05) is 5.02 Å². The molecule has 2 N–H and O–H groups in total. The fourth-order valence-corrected chi connectivity index (χ4v) is 3.50. The van der Waals surface area contributed by atoms with Crippen molar-refractivity contribution >= 4 is 35.1 Å². The van der Waals surface area contributed by atoms with Crippen LogP contribution in [-0.2, 0) is 15.8 Å². The number of imide groups is 1.